The van der Waals surface area contributed by atoms with Crippen molar-refractivity contribution >= 4 is 21.6 Å². The van der Waals surface area contributed by atoms with Gasteiger partial charge < -0.3 is 15.6 Å². The molecule has 0 saturated heterocycles. The van der Waals surface area contributed by atoms with Crippen LogP contribution in [0.5, 0.6) is 5.75 Å². The molecule has 0 aliphatic heterocycles. The summed E-state index contributed by atoms with van der Waals surface area (Å²) in [6, 6.07) is 3.82. The van der Waals surface area contributed by atoms with Gasteiger partial charge in [0.15, 0.2) is 5.75 Å². The smallest absolute Gasteiger partial charge is 0.151 e. The largest absolute Gasteiger partial charge is 0.494 e. The van der Waals surface area contributed by atoms with Crippen LogP contribution in [0, 0.1) is 0 Å². The Labute approximate surface area is 97.7 Å². The summed E-state index contributed by atoms with van der Waals surface area (Å²) >= 11 is 1.55. The van der Waals surface area contributed by atoms with Crippen LogP contribution in [-0.4, -0.2) is 23.7 Å². The van der Waals surface area contributed by atoms with E-state index in [1.807, 2.05) is 12.1 Å². The zero-order valence-electron chi connectivity index (χ0n) is 9.01. The van der Waals surface area contributed by atoms with Crippen LogP contribution >= 0.6 is 11.3 Å². The van der Waals surface area contributed by atoms with Gasteiger partial charge in [-0.05, 0) is 19.0 Å². The van der Waals surface area contributed by atoms with E-state index in [0.29, 0.717) is 18.7 Å². The van der Waals surface area contributed by atoms with Crippen LogP contribution in [0.15, 0.2) is 17.6 Å². The van der Waals surface area contributed by atoms with Crippen LogP contribution in [0.4, 0.5) is 0 Å². The summed E-state index contributed by atoms with van der Waals surface area (Å²) in [5.41, 5.74) is 8.77. The third kappa shape index (κ3) is 1.89. The SMILES string of the molecule is COc1c(C(O)CCN)ccc2scnc12. The summed E-state index contributed by atoms with van der Waals surface area (Å²) in [6.45, 7) is 0.444. The van der Waals surface area contributed by atoms with Gasteiger partial charge in [-0.3, -0.25) is 0 Å². The Morgan fingerprint density at radius 2 is 2.38 bits per heavy atom. The van der Waals surface area contributed by atoms with Gasteiger partial charge in [0.05, 0.1) is 23.4 Å². The Balaban J connectivity index is 2.51. The van der Waals surface area contributed by atoms with Gasteiger partial charge in [-0.15, -0.1) is 11.3 Å². The van der Waals surface area contributed by atoms with Gasteiger partial charge in [0.2, 0.25) is 0 Å². The summed E-state index contributed by atoms with van der Waals surface area (Å²) in [4.78, 5) is 4.24. The van der Waals surface area contributed by atoms with Gasteiger partial charge in [0.25, 0.3) is 0 Å². The predicted octanol–water partition coefficient (Wildman–Crippen LogP) is 1.69. The lowest BCUT2D eigenvalue weighted by molar-refractivity contribution is 0.166. The van der Waals surface area contributed by atoms with E-state index in [1.165, 1.54) is 0 Å². The molecular weight excluding hydrogens is 224 g/mol. The third-order valence-electron chi connectivity index (χ3n) is 2.49. The predicted molar refractivity (Wildman–Crippen MR) is 64.8 cm³/mol. The highest BCUT2D eigenvalue weighted by Gasteiger charge is 2.16. The van der Waals surface area contributed by atoms with Crippen LogP contribution in [0.3, 0.4) is 0 Å². The molecule has 0 bridgehead atoms. The summed E-state index contributed by atoms with van der Waals surface area (Å²) in [7, 11) is 1.59. The number of aliphatic hydroxyl groups is 1. The first kappa shape index (κ1) is 11.3. The molecule has 5 heteroatoms. The van der Waals surface area contributed by atoms with E-state index >= 15 is 0 Å². The lowest BCUT2D eigenvalue weighted by Gasteiger charge is -2.14. The van der Waals surface area contributed by atoms with Gasteiger partial charge >= 0.3 is 0 Å². The normalized spacial score (nSPS) is 12.9. The summed E-state index contributed by atoms with van der Waals surface area (Å²) < 4.78 is 6.38. The first-order valence-corrected chi connectivity index (χ1v) is 5.94. The standard InChI is InChI=1S/C11H14N2O2S/c1-15-11-7(8(14)4-5-12)2-3-9-10(11)13-6-16-9/h2-3,6,8,14H,4-5,12H2,1H3. The van der Waals surface area contributed by atoms with Crippen LogP contribution in [0.2, 0.25) is 0 Å². The van der Waals surface area contributed by atoms with Crippen molar-refractivity contribution in [1.29, 1.82) is 0 Å². The van der Waals surface area contributed by atoms with Gasteiger partial charge in [0.1, 0.15) is 5.52 Å². The molecule has 0 amide bonds. The molecule has 3 N–H and O–H groups in total. The Kier molecular flexibility index (Phi) is 3.38. The van der Waals surface area contributed by atoms with Crippen molar-refractivity contribution in [3.05, 3.63) is 23.2 Å². The van der Waals surface area contributed by atoms with Crippen molar-refractivity contribution < 1.29 is 9.84 Å². The molecule has 0 fully saturated rings. The molecule has 1 heterocycles. The van der Waals surface area contributed by atoms with Crippen molar-refractivity contribution in [2.45, 2.75) is 12.5 Å². The van der Waals surface area contributed by atoms with Crippen molar-refractivity contribution in [2.24, 2.45) is 5.73 Å². The number of ether oxygens (including phenoxy) is 1. The molecule has 0 spiro atoms. The Bertz CT molecular complexity index is 484. The van der Waals surface area contributed by atoms with Crippen LogP contribution in [-0.2, 0) is 0 Å². The zero-order valence-corrected chi connectivity index (χ0v) is 9.83. The molecule has 0 aliphatic carbocycles. The lowest BCUT2D eigenvalue weighted by Crippen LogP contribution is -2.08. The molecule has 16 heavy (non-hydrogen) atoms. The molecule has 1 aromatic carbocycles. The minimum absolute atomic E-state index is 0.444. The Morgan fingerprint density at radius 1 is 1.56 bits per heavy atom. The first-order chi connectivity index (χ1) is 7.77. The van der Waals surface area contributed by atoms with Crippen molar-refractivity contribution in [2.75, 3.05) is 13.7 Å². The maximum Gasteiger partial charge on any atom is 0.151 e. The number of nitrogens with two attached hydrogens (primary N) is 1. The molecule has 1 aromatic heterocycles. The second kappa shape index (κ2) is 4.78. The number of benzene rings is 1. The second-order valence-electron chi connectivity index (χ2n) is 3.48. The lowest BCUT2D eigenvalue weighted by atomic mass is 10.0. The summed E-state index contributed by atoms with van der Waals surface area (Å²) in [5.74, 6) is 0.653. The molecule has 2 rings (SSSR count). The van der Waals surface area contributed by atoms with Gasteiger partial charge in [-0.25, -0.2) is 4.98 Å². The quantitative estimate of drug-likeness (QED) is 0.850. The summed E-state index contributed by atoms with van der Waals surface area (Å²) in [5, 5.41) is 9.95. The molecule has 1 atom stereocenters. The number of aliphatic hydroxyl groups excluding tert-OH is 1. The number of methoxy groups -OCH3 is 1. The number of aromatic nitrogens is 1. The molecule has 0 radical (unpaired) electrons. The molecule has 86 valence electrons. The molecule has 4 nitrogen and oxygen atoms in total. The monoisotopic (exact) mass is 238 g/mol. The highest BCUT2D eigenvalue weighted by Crippen LogP contribution is 2.35. The van der Waals surface area contributed by atoms with E-state index in [1.54, 1.807) is 24.0 Å². The second-order valence-corrected chi connectivity index (χ2v) is 4.37. The third-order valence-corrected chi connectivity index (χ3v) is 3.28. The van der Waals surface area contributed by atoms with Gasteiger partial charge in [0, 0.05) is 5.56 Å². The fourth-order valence-electron chi connectivity index (χ4n) is 1.71. The minimum Gasteiger partial charge on any atom is -0.494 e. The van der Waals surface area contributed by atoms with Gasteiger partial charge in [-0.1, -0.05) is 6.07 Å². The van der Waals surface area contributed by atoms with E-state index in [9.17, 15) is 5.11 Å². The Hall–Kier alpha value is -1.17. The molecular formula is C11H14N2O2S. The number of nitrogens with zero attached hydrogens (tertiary/aromatic N) is 1. The average molecular weight is 238 g/mol. The van der Waals surface area contributed by atoms with Crippen LogP contribution < -0.4 is 10.5 Å². The van der Waals surface area contributed by atoms with Crippen molar-refractivity contribution in [3.63, 3.8) is 0 Å². The number of hydrogen-bond acceptors (Lipinski definition) is 5. The molecule has 1 unspecified atom stereocenters. The fourth-order valence-corrected chi connectivity index (χ4v) is 2.39. The number of hydrogen-bond donors (Lipinski definition) is 2. The van der Waals surface area contributed by atoms with Crippen LogP contribution in [0.1, 0.15) is 18.1 Å². The Morgan fingerprint density at radius 3 is 3.06 bits per heavy atom. The number of thiazole rings is 1. The molecule has 0 saturated carbocycles. The maximum atomic E-state index is 9.95. The minimum atomic E-state index is -0.592. The van der Waals surface area contributed by atoms with Crippen molar-refractivity contribution in [1.82, 2.24) is 4.98 Å². The number of fused-ring (bicyclic) bond motifs is 1. The topological polar surface area (TPSA) is 68.4 Å². The first-order valence-electron chi connectivity index (χ1n) is 5.06. The van der Waals surface area contributed by atoms with E-state index in [0.717, 1.165) is 15.8 Å². The molecule has 0 aliphatic rings. The highest BCUT2D eigenvalue weighted by atomic mass is 32.1. The maximum absolute atomic E-state index is 9.95. The summed E-state index contributed by atoms with van der Waals surface area (Å²) in [6.07, 6.45) is -0.0718. The number of rotatable bonds is 4. The molecule has 2 aromatic rings. The fraction of sp³-hybridized carbons (Fsp3) is 0.364. The van der Waals surface area contributed by atoms with E-state index < -0.39 is 6.10 Å². The van der Waals surface area contributed by atoms with E-state index in [4.69, 9.17) is 10.5 Å². The average Bonchev–Trinajstić information content (AvgIpc) is 2.75. The van der Waals surface area contributed by atoms with Gasteiger partial charge in [-0.2, -0.15) is 0 Å². The zero-order chi connectivity index (χ0) is 11.5. The van der Waals surface area contributed by atoms with Crippen molar-refractivity contribution in [3.8, 4) is 5.75 Å². The highest BCUT2D eigenvalue weighted by molar-refractivity contribution is 7.16. The van der Waals surface area contributed by atoms with E-state index in [-0.39, 0.29) is 0 Å². The van der Waals surface area contributed by atoms with E-state index in [2.05, 4.69) is 4.98 Å². The van der Waals surface area contributed by atoms with Crippen LogP contribution in [0.25, 0.3) is 10.2 Å².